The molecular formula is C42H23N3O. The first kappa shape index (κ1) is 24.1. The third-order valence-electron chi connectivity index (χ3n) is 9.69. The highest BCUT2D eigenvalue weighted by molar-refractivity contribution is 6.38. The Bertz CT molecular complexity index is 2910. The molecule has 4 nitrogen and oxygen atoms in total. The summed E-state index contributed by atoms with van der Waals surface area (Å²) in [5, 5.41) is 7.25. The number of hydrogen-bond donors (Lipinski definition) is 0. The molecule has 1 aliphatic carbocycles. The Balaban J connectivity index is 1.33. The lowest BCUT2D eigenvalue weighted by molar-refractivity contribution is 0.669. The summed E-state index contributed by atoms with van der Waals surface area (Å²) in [6, 6.07) is 49.2. The summed E-state index contributed by atoms with van der Waals surface area (Å²) >= 11 is 0. The van der Waals surface area contributed by atoms with Crippen LogP contribution in [0.25, 0.3) is 105 Å². The lowest BCUT2D eigenvalue weighted by Crippen LogP contribution is -2.04. The van der Waals surface area contributed by atoms with Crippen molar-refractivity contribution >= 4 is 65.6 Å². The Morgan fingerprint density at radius 2 is 1.09 bits per heavy atom. The number of nitrogens with zero attached hydrogens (tertiary/aromatic N) is 3. The van der Waals surface area contributed by atoms with Crippen LogP contribution in [0.1, 0.15) is 0 Å². The van der Waals surface area contributed by atoms with E-state index in [0.29, 0.717) is 0 Å². The molecule has 0 amide bonds. The van der Waals surface area contributed by atoms with Crippen molar-refractivity contribution in [2.45, 2.75) is 0 Å². The molecule has 0 saturated heterocycles. The third kappa shape index (κ3) is 3.07. The molecular weight excluding hydrogens is 562 g/mol. The van der Waals surface area contributed by atoms with Gasteiger partial charge in [-0.25, -0.2) is 9.97 Å². The van der Waals surface area contributed by atoms with E-state index >= 15 is 0 Å². The molecule has 0 radical (unpaired) electrons. The zero-order valence-electron chi connectivity index (χ0n) is 24.5. The third-order valence-corrected chi connectivity index (χ3v) is 9.69. The zero-order chi connectivity index (χ0) is 29.9. The lowest BCUT2D eigenvalue weighted by Gasteiger charge is -2.15. The maximum absolute atomic E-state index is 6.50. The number of fused-ring (bicyclic) bond motifs is 2. The minimum atomic E-state index is 0.814. The van der Waals surface area contributed by atoms with Gasteiger partial charge in [0.2, 0.25) is 0 Å². The fourth-order valence-corrected chi connectivity index (χ4v) is 7.77. The molecule has 11 rings (SSSR count). The largest absolute Gasteiger partial charge is 0.456 e. The molecule has 10 aromatic rings. The van der Waals surface area contributed by atoms with E-state index < -0.39 is 0 Å². The van der Waals surface area contributed by atoms with Gasteiger partial charge in [-0.3, -0.25) is 4.57 Å². The molecule has 0 aliphatic heterocycles. The Kier molecular flexibility index (Phi) is 4.55. The first-order valence-corrected chi connectivity index (χ1v) is 15.6. The summed E-state index contributed by atoms with van der Waals surface area (Å²) in [4.78, 5) is 10.7. The van der Waals surface area contributed by atoms with E-state index in [1.807, 2.05) is 18.2 Å². The second kappa shape index (κ2) is 8.68. The molecule has 0 saturated carbocycles. The Morgan fingerprint density at radius 1 is 0.435 bits per heavy atom. The molecule has 0 unspecified atom stereocenters. The van der Waals surface area contributed by atoms with Crippen molar-refractivity contribution < 1.29 is 4.42 Å². The number of hydrogen-bond acceptors (Lipinski definition) is 3. The van der Waals surface area contributed by atoms with Gasteiger partial charge in [-0.15, -0.1) is 0 Å². The van der Waals surface area contributed by atoms with Crippen LogP contribution in [-0.4, -0.2) is 14.5 Å². The van der Waals surface area contributed by atoms with Gasteiger partial charge in [-0.05, 0) is 75.5 Å². The standard InChI is InChI=1S/C42H23N3O/c1-2-9-24(10-3-1)26-12-6-13-27(23-26)41-42(44-31-17-5-4-16-30(31)43-41)45-32-20-19-25-11-7-14-28-29-15-8-18-34-37(29)40-35(46-34)22-21-33(45)39(40)38(32)36(25)28/h1-23H. The van der Waals surface area contributed by atoms with Gasteiger partial charge < -0.3 is 4.42 Å². The van der Waals surface area contributed by atoms with Crippen molar-refractivity contribution in [1.82, 2.24) is 14.5 Å². The van der Waals surface area contributed by atoms with Crippen LogP contribution in [0.5, 0.6) is 0 Å². The van der Waals surface area contributed by atoms with E-state index in [1.54, 1.807) is 0 Å². The first-order chi connectivity index (χ1) is 22.8. The quantitative estimate of drug-likeness (QED) is 0.207. The summed E-state index contributed by atoms with van der Waals surface area (Å²) in [5.74, 6) is 0.814. The minimum Gasteiger partial charge on any atom is -0.456 e. The van der Waals surface area contributed by atoms with Crippen molar-refractivity contribution in [1.29, 1.82) is 0 Å². The molecule has 0 bridgehead atoms. The van der Waals surface area contributed by atoms with Crippen LogP contribution in [0.3, 0.4) is 0 Å². The molecule has 0 N–H and O–H groups in total. The predicted molar refractivity (Wildman–Crippen MR) is 189 cm³/mol. The van der Waals surface area contributed by atoms with Gasteiger partial charge in [-0.2, -0.15) is 0 Å². The number of aromatic nitrogens is 3. The molecule has 4 heteroatoms. The maximum Gasteiger partial charge on any atom is 0.165 e. The van der Waals surface area contributed by atoms with Crippen LogP contribution in [0.15, 0.2) is 144 Å². The van der Waals surface area contributed by atoms with Crippen molar-refractivity contribution in [3.05, 3.63) is 140 Å². The second-order valence-corrected chi connectivity index (χ2v) is 12.1. The van der Waals surface area contributed by atoms with Gasteiger partial charge in [0.1, 0.15) is 16.9 Å². The van der Waals surface area contributed by atoms with Crippen LogP contribution in [-0.2, 0) is 0 Å². The minimum absolute atomic E-state index is 0.814. The zero-order valence-corrected chi connectivity index (χ0v) is 24.5. The van der Waals surface area contributed by atoms with Crippen LogP contribution in [0.4, 0.5) is 0 Å². The molecule has 212 valence electrons. The monoisotopic (exact) mass is 585 g/mol. The molecule has 0 atom stereocenters. The van der Waals surface area contributed by atoms with Crippen molar-refractivity contribution in [3.63, 3.8) is 0 Å². The topological polar surface area (TPSA) is 43.9 Å². The van der Waals surface area contributed by atoms with Crippen molar-refractivity contribution in [2.24, 2.45) is 0 Å². The van der Waals surface area contributed by atoms with Gasteiger partial charge in [0, 0.05) is 27.1 Å². The average molecular weight is 586 g/mol. The maximum atomic E-state index is 6.50. The van der Waals surface area contributed by atoms with E-state index in [9.17, 15) is 0 Å². The van der Waals surface area contributed by atoms with Crippen LogP contribution < -0.4 is 0 Å². The molecule has 46 heavy (non-hydrogen) atoms. The average Bonchev–Trinajstić information content (AvgIpc) is 3.63. The molecule has 0 fully saturated rings. The smallest absolute Gasteiger partial charge is 0.165 e. The summed E-state index contributed by atoms with van der Waals surface area (Å²) in [7, 11) is 0. The van der Waals surface area contributed by atoms with Crippen LogP contribution >= 0.6 is 0 Å². The molecule has 1 aliphatic rings. The molecule has 3 heterocycles. The normalized spacial score (nSPS) is 12.3. The molecule has 7 aromatic carbocycles. The van der Waals surface area contributed by atoms with E-state index in [1.165, 1.54) is 43.6 Å². The Hall–Kier alpha value is -6.26. The molecule has 3 aromatic heterocycles. The number of para-hydroxylation sites is 2. The highest BCUT2D eigenvalue weighted by Crippen LogP contribution is 2.51. The van der Waals surface area contributed by atoms with Gasteiger partial charge in [0.25, 0.3) is 0 Å². The van der Waals surface area contributed by atoms with E-state index in [-0.39, 0.29) is 0 Å². The molecule has 0 spiro atoms. The first-order valence-electron chi connectivity index (χ1n) is 15.6. The summed E-state index contributed by atoms with van der Waals surface area (Å²) in [5.41, 5.74) is 12.4. The lowest BCUT2D eigenvalue weighted by atomic mass is 9.95. The SMILES string of the molecule is c1ccc(-c2cccc(-c3nc4ccccc4nc3-n3c4ccc5cccc6c5c4c4c5c(ccc43)oc3cccc-6c35)c2)cc1. The highest BCUT2D eigenvalue weighted by Gasteiger charge is 2.27. The van der Waals surface area contributed by atoms with Crippen molar-refractivity contribution in [2.75, 3.05) is 0 Å². The van der Waals surface area contributed by atoms with E-state index in [2.05, 4.69) is 126 Å². The van der Waals surface area contributed by atoms with Gasteiger partial charge in [-0.1, -0.05) is 97.1 Å². The summed E-state index contributed by atoms with van der Waals surface area (Å²) < 4.78 is 8.83. The Morgan fingerprint density at radius 3 is 1.96 bits per heavy atom. The highest BCUT2D eigenvalue weighted by atomic mass is 16.3. The van der Waals surface area contributed by atoms with E-state index in [4.69, 9.17) is 14.4 Å². The Labute approximate surface area is 262 Å². The summed E-state index contributed by atoms with van der Waals surface area (Å²) in [6.45, 7) is 0. The van der Waals surface area contributed by atoms with Crippen LogP contribution in [0.2, 0.25) is 0 Å². The fraction of sp³-hybridized carbons (Fsp3) is 0. The number of furan rings is 1. The number of rotatable bonds is 3. The number of benzene rings is 7. The van der Waals surface area contributed by atoms with Gasteiger partial charge >= 0.3 is 0 Å². The van der Waals surface area contributed by atoms with Crippen molar-refractivity contribution in [3.8, 4) is 39.3 Å². The summed E-state index contributed by atoms with van der Waals surface area (Å²) in [6.07, 6.45) is 0. The van der Waals surface area contributed by atoms with Crippen LogP contribution in [0, 0.1) is 0 Å². The fourth-order valence-electron chi connectivity index (χ4n) is 7.77. The van der Waals surface area contributed by atoms with Gasteiger partial charge in [0.15, 0.2) is 5.82 Å². The second-order valence-electron chi connectivity index (χ2n) is 12.1. The predicted octanol–water partition coefficient (Wildman–Crippen LogP) is 11.1. The van der Waals surface area contributed by atoms with Gasteiger partial charge in [0.05, 0.1) is 22.1 Å². The van der Waals surface area contributed by atoms with E-state index in [0.717, 1.165) is 61.3 Å².